The molecule has 202 valence electrons. The minimum Gasteiger partial charge on any atom is -0.381 e. The zero-order valence-electron chi connectivity index (χ0n) is 21.6. The Balaban J connectivity index is 1.22. The molecule has 0 radical (unpaired) electrons. The average molecular weight is 534 g/mol. The van der Waals surface area contributed by atoms with Gasteiger partial charge in [0, 0.05) is 50.5 Å². The predicted octanol–water partition coefficient (Wildman–Crippen LogP) is 5.20. The third-order valence-corrected chi connectivity index (χ3v) is 8.04. The second-order valence-electron chi connectivity index (χ2n) is 10.8. The van der Waals surface area contributed by atoms with Crippen LogP contribution < -0.4 is 16.0 Å². The molecule has 37 heavy (non-hydrogen) atoms. The number of rotatable bonds is 8. The zero-order chi connectivity index (χ0) is 25.9. The first-order chi connectivity index (χ1) is 17.8. The molecule has 3 aliphatic rings. The van der Waals surface area contributed by atoms with Crippen molar-refractivity contribution >= 4 is 23.2 Å². The van der Waals surface area contributed by atoms with E-state index in [1.807, 2.05) is 13.0 Å². The van der Waals surface area contributed by atoms with Crippen molar-refractivity contribution in [2.75, 3.05) is 43.6 Å². The van der Waals surface area contributed by atoms with Crippen molar-refractivity contribution in [3.63, 3.8) is 0 Å². The lowest BCUT2D eigenvalue weighted by molar-refractivity contribution is -0.173. The second kappa shape index (κ2) is 11.4. The van der Waals surface area contributed by atoms with Gasteiger partial charge in [-0.3, -0.25) is 5.32 Å². The summed E-state index contributed by atoms with van der Waals surface area (Å²) in [5.41, 5.74) is 1.38. The van der Waals surface area contributed by atoms with Crippen molar-refractivity contribution in [2.24, 2.45) is 5.41 Å². The van der Waals surface area contributed by atoms with Gasteiger partial charge in [-0.1, -0.05) is 18.5 Å². The first-order valence-electron chi connectivity index (χ1n) is 13.3. The van der Waals surface area contributed by atoms with E-state index in [0.717, 1.165) is 63.1 Å². The Morgan fingerprint density at radius 1 is 1.03 bits per heavy atom. The number of nitrogens with one attached hydrogen (secondary N) is 3. The van der Waals surface area contributed by atoms with E-state index >= 15 is 0 Å². The standard InChI is InChI=1S/C27H37ClFN5O3/c1-26(9-11-35-12-10-26)17-31-25-22(29)7-8-23(33-25)20-15-24(30-16-21(20)28)32-18-3-5-19(6-4-18)34-27(2)36-13-14-37-27/h7-8,15-16,18-19,34H,3-6,9-14,17H2,1-2H3,(H,30,32)(H,31,33)/t18-,19-. The highest BCUT2D eigenvalue weighted by atomic mass is 35.5. The van der Waals surface area contributed by atoms with E-state index in [0.29, 0.717) is 42.6 Å². The second-order valence-corrected chi connectivity index (χ2v) is 11.2. The van der Waals surface area contributed by atoms with Gasteiger partial charge in [0.1, 0.15) is 5.82 Å². The Kier molecular flexibility index (Phi) is 8.16. The van der Waals surface area contributed by atoms with Crippen LogP contribution in [0.25, 0.3) is 11.3 Å². The summed E-state index contributed by atoms with van der Waals surface area (Å²) >= 11 is 6.51. The van der Waals surface area contributed by atoms with E-state index in [-0.39, 0.29) is 17.1 Å². The van der Waals surface area contributed by atoms with Gasteiger partial charge < -0.3 is 24.8 Å². The molecule has 1 aliphatic carbocycles. The fraction of sp³-hybridized carbons (Fsp3) is 0.630. The monoisotopic (exact) mass is 533 g/mol. The maximum atomic E-state index is 14.6. The number of aromatic nitrogens is 2. The maximum absolute atomic E-state index is 14.6. The molecule has 0 amide bonds. The van der Waals surface area contributed by atoms with Crippen molar-refractivity contribution in [3.05, 3.63) is 35.2 Å². The van der Waals surface area contributed by atoms with Crippen LogP contribution in [0.5, 0.6) is 0 Å². The molecular formula is C27H37ClFN5O3. The minimum absolute atomic E-state index is 0.0527. The molecule has 2 saturated heterocycles. The maximum Gasteiger partial charge on any atom is 0.224 e. The molecule has 1 saturated carbocycles. The van der Waals surface area contributed by atoms with Crippen molar-refractivity contribution in [1.82, 2.24) is 15.3 Å². The van der Waals surface area contributed by atoms with Crippen LogP contribution >= 0.6 is 11.6 Å². The van der Waals surface area contributed by atoms with Crippen LogP contribution in [-0.4, -0.2) is 60.9 Å². The third kappa shape index (κ3) is 6.70. The molecule has 10 heteroatoms. The molecule has 0 bridgehead atoms. The number of halogens is 2. The Labute approximate surface area is 223 Å². The van der Waals surface area contributed by atoms with Gasteiger partial charge in [0.25, 0.3) is 0 Å². The molecule has 0 aromatic carbocycles. The Hall–Kier alpha value is -2.04. The smallest absolute Gasteiger partial charge is 0.224 e. The number of hydrogen-bond acceptors (Lipinski definition) is 8. The molecule has 2 aromatic rings. The molecule has 3 fully saturated rings. The summed E-state index contributed by atoms with van der Waals surface area (Å²) < 4.78 is 31.5. The highest BCUT2D eigenvalue weighted by molar-refractivity contribution is 6.33. The van der Waals surface area contributed by atoms with Gasteiger partial charge in [0.05, 0.1) is 23.9 Å². The van der Waals surface area contributed by atoms with Gasteiger partial charge in [0.15, 0.2) is 11.6 Å². The van der Waals surface area contributed by atoms with Crippen molar-refractivity contribution in [1.29, 1.82) is 0 Å². The van der Waals surface area contributed by atoms with Crippen LogP contribution in [0.2, 0.25) is 5.02 Å². The summed E-state index contributed by atoms with van der Waals surface area (Å²) in [5, 5.41) is 10.8. The van der Waals surface area contributed by atoms with Gasteiger partial charge in [0.2, 0.25) is 5.91 Å². The summed E-state index contributed by atoms with van der Waals surface area (Å²) in [7, 11) is 0. The topological polar surface area (TPSA) is 89.6 Å². The lowest BCUT2D eigenvalue weighted by atomic mass is 9.82. The normalized spacial score (nSPS) is 25.1. The molecule has 8 nitrogen and oxygen atoms in total. The predicted molar refractivity (Wildman–Crippen MR) is 142 cm³/mol. The molecule has 0 atom stereocenters. The van der Waals surface area contributed by atoms with E-state index in [1.54, 1.807) is 12.3 Å². The summed E-state index contributed by atoms with van der Waals surface area (Å²) in [4.78, 5) is 9.07. The SMILES string of the molecule is CC1(CNc2nc(-c3cc(N[C@H]4CC[C@H](NC5(C)OCCO5)CC4)ncc3Cl)ccc2F)CCOCC1. The lowest BCUT2D eigenvalue weighted by Gasteiger charge is -2.35. The van der Waals surface area contributed by atoms with Gasteiger partial charge in [-0.15, -0.1) is 0 Å². The highest BCUT2D eigenvalue weighted by Crippen LogP contribution is 2.33. The quantitative estimate of drug-likeness (QED) is 0.427. The number of anilines is 2. The summed E-state index contributed by atoms with van der Waals surface area (Å²) in [6.45, 7) is 7.49. The van der Waals surface area contributed by atoms with Gasteiger partial charge in [-0.2, -0.15) is 0 Å². The molecule has 5 rings (SSSR count). The van der Waals surface area contributed by atoms with Crippen LogP contribution in [-0.2, 0) is 14.2 Å². The number of hydrogen-bond donors (Lipinski definition) is 3. The molecule has 2 aliphatic heterocycles. The summed E-state index contributed by atoms with van der Waals surface area (Å²) in [6.07, 6.45) is 7.53. The van der Waals surface area contributed by atoms with Crippen LogP contribution in [0.15, 0.2) is 24.4 Å². The fourth-order valence-corrected chi connectivity index (χ4v) is 5.53. The van der Waals surface area contributed by atoms with Crippen LogP contribution in [0.4, 0.5) is 16.0 Å². The number of pyridine rings is 2. The lowest BCUT2D eigenvalue weighted by Crippen LogP contribution is -2.50. The number of nitrogens with zero attached hydrogens (tertiary/aromatic N) is 2. The Bertz CT molecular complexity index is 1070. The summed E-state index contributed by atoms with van der Waals surface area (Å²) in [6, 6.07) is 5.65. The fourth-order valence-electron chi connectivity index (χ4n) is 5.33. The van der Waals surface area contributed by atoms with E-state index in [4.69, 9.17) is 25.8 Å². The van der Waals surface area contributed by atoms with Crippen molar-refractivity contribution in [2.45, 2.75) is 70.4 Å². The highest BCUT2D eigenvalue weighted by Gasteiger charge is 2.34. The van der Waals surface area contributed by atoms with E-state index < -0.39 is 5.91 Å². The molecular weight excluding hydrogens is 497 g/mol. The Morgan fingerprint density at radius 3 is 2.46 bits per heavy atom. The van der Waals surface area contributed by atoms with Crippen LogP contribution in [0.3, 0.4) is 0 Å². The summed E-state index contributed by atoms with van der Waals surface area (Å²) in [5.74, 6) is -0.0748. The van der Waals surface area contributed by atoms with E-state index in [1.165, 1.54) is 6.07 Å². The minimum atomic E-state index is -0.671. The third-order valence-electron chi connectivity index (χ3n) is 7.74. The number of ether oxygens (including phenoxy) is 3. The largest absolute Gasteiger partial charge is 0.381 e. The Morgan fingerprint density at radius 2 is 1.73 bits per heavy atom. The van der Waals surface area contributed by atoms with Gasteiger partial charge >= 0.3 is 0 Å². The zero-order valence-corrected chi connectivity index (χ0v) is 22.4. The van der Waals surface area contributed by atoms with Gasteiger partial charge in [-0.25, -0.2) is 14.4 Å². The molecule has 0 spiro atoms. The molecule has 4 heterocycles. The molecule has 3 N–H and O–H groups in total. The van der Waals surface area contributed by atoms with Crippen LogP contribution in [0, 0.1) is 11.2 Å². The average Bonchev–Trinajstić information content (AvgIpc) is 3.32. The van der Waals surface area contributed by atoms with Gasteiger partial charge in [-0.05, 0) is 62.1 Å². The molecule has 2 aromatic heterocycles. The first kappa shape index (κ1) is 26.6. The van der Waals surface area contributed by atoms with E-state index in [2.05, 4.69) is 32.8 Å². The van der Waals surface area contributed by atoms with Crippen molar-refractivity contribution in [3.8, 4) is 11.3 Å². The van der Waals surface area contributed by atoms with Crippen LogP contribution in [0.1, 0.15) is 52.4 Å². The molecule has 0 unspecified atom stereocenters. The first-order valence-corrected chi connectivity index (χ1v) is 13.6. The van der Waals surface area contributed by atoms with Crippen molar-refractivity contribution < 1.29 is 18.6 Å². The van der Waals surface area contributed by atoms with E-state index in [9.17, 15) is 4.39 Å².